The first kappa shape index (κ1) is 14.6. The maximum Gasteiger partial charge on any atom is 0.234 e. The van der Waals surface area contributed by atoms with Crippen molar-refractivity contribution in [3.8, 4) is 0 Å². The zero-order valence-corrected chi connectivity index (χ0v) is 13.4. The molecule has 2 aromatic heterocycles. The van der Waals surface area contributed by atoms with Gasteiger partial charge in [0.05, 0.1) is 0 Å². The highest BCUT2D eigenvalue weighted by atomic mass is 32.1. The molecule has 0 saturated heterocycles. The van der Waals surface area contributed by atoms with Crippen molar-refractivity contribution in [2.75, 3.05) is 5.32 Å². The quantitative estimate of drug-likeness (QED) is 0.785. The van der Waals surface area contributed by atoms with Gasteiger partial charge in [-0.1, -0.05) is 36.5 Å². The summed E-state index contributed by atoms with van der Waals surface area (Å²) in [5.74, 6) is 0.00923. The van der Waals surface area contributed by atoms with E-state index in [0.29, 0.717) is 12.8 Å². The van der Waals surface area contributed by atoms with Gasteiger partial charge < -0.3 is 5.32 Å². The molecule has 0 bridgehead atoms. The van der Waals surface area contributed by atoms with Crippen LogP contribution in [0.5, 0.6) is 0 Å². The van der Waals surface area contributed by atoms with Gasteiger partial charge in [-0.15, -0.1) is 10.2 Å². The smallest absolute Gasteiger partial charge is 0.234 e. The first-order valence-corrected chi connectivity index (χ1v) is 8.03. The molecule has 0 atom stereocenters. The van der Waals surface area contributed by atoms with Crippen LogP contribution < -0.4 is 5.32 Å². The van der Waals surface area contributed by atoms with E-state index in [0.717, 1.165) is 33.2 Å². The summed E-state index contributed by atoms with van der Waals surface area (Å²) in [5, 5.41) is 16.0. The average molecular weight is 315 g/mol. The largest absolute Gasteiger partial charge is 0.326 e. The van der Waals surface area contributed by atoms with Crippen LogP contribution in [0.1, 0.15) is 29.5 Å². The minimum Gasteiger partial charge on any atom is -0.326 e. The SMILES string of the molecule is CCc1cccc(C)c1NC(=O)CCc1nn2cnnc2s1. The van der Waals surface area contributed by atoms with Crippen LogP contribution in [0.2, 0.25) is 0 Å². The van der Waals surface area contributed by atoms with Crippen molar-refractivity contribution in [3.63, 3.8) is 0 Å². The number of nitrogens with one attached hydrogen (secondary N) is 1. The molecule has 3 aromatic rings. The molecule has 0 radical (unpaired) electrons. The second-order valence-corrected chi connectivity index (χ2v) is 6.11. The number of para-hydroxylation sites is 1. The number of fused-ring (bicyclic) bond motifs is 1. The van der Waals surface area contributed by atoms with Gasteiger partial charge in [-0.05, 0) is 24.5 Å². The van der Waals surface area contributed by atoms with E-state index < -0.39 is 0 Å². The Morgan fingerprint density at radius 1 is 1.41 bits per heavy atom. The molecule has 22 heavy (non-hydrogen) atoms. The normalized spacial score (nSPS) is 11.0. The van der Waals surface area contributed by atoms with Crippen molar-refractivity contribution in [1.29, 1.82) is 0 Å². The van der Waals surface area contributed by atoms with Crippen LogP contribution in [-0.2, 0) is 17.6 Å². The van der Waals surface area contributed by atoms with Gasteiger partial charge in [0.1, 0.15) is 11.3 Å². The Balaban J connectivity index is 1.64. The van der Waals surface area contributed by atoms with E-state index in [-0.39, 0.29) is 5.91 Å². The fourth-order valence-corrected chi connectivity index (χ4v) is 3.14. The predicted molar refractivity (Wildman–Crippen MR) is 86.2 cm³/mol. The fourth-order valence-electron chi connectivity index (χ4n) is 2.33. The molecule has 6 nitrogen and oxygen atoms in total. The van der Waals surface area contributed by atoms with Crippen molar-refractivity contribution in [3.05, 3.63) is 40.7 Å². The Labute approximate surface area is 132 Å². The van der Waals surface area contributed by atoms with Crippen molar-refractivity contribution < 1.29 is 4.79 Å². The molecule has 2 heterocycles. The van der Waals surface area contributed by atoms with Crippen molar-refractivity contribution in [1.82, 2.24) is 19.8 Å². The summed E-state index contributed by atoms with van der Waals surface area (Å²) in [6.45, 7) is 4.10. The molecular formula is C15H17N5OS. The van der Waals surface area contributed by atoms with Crippen LogP contribution in [0.15, 0.2) is 24.5 Å². The highest BCUT2D eigenvalue weighted by molar-refractivity contribution is 7.16. The lowest BCUT2D eigenvalue weighted by Crippen LogP contribution is -2.14. The summed E-state index contributed by atoms with van der Waals surface area (Å²) in [5.41, 5.74) is 3.19. The van der Waals surface area contributed by atoms with Crippen LogP contribution in [0, 0.1) is 6.92 Å². The number of rotatable bonds is 5. The Bertz CT molecular complexity index is 779. The maximum absolute atomic E-state index is 12.2. The van der Waals surface area contributed by atoms with Crippen molar-refractivity contribution in [2.24, 2.45) is 0 Å². The van der Waals surface area contributed by atoms with Gasteiger partial charge in [0.25, 0.3) is 0 Å². The van der Waals surface area contributed by atoms with E-state index in [9.17, 15) is 4.79 Å². The minimum atomic E-state index is 0.00923. The molecule has 0 aliphatic carbocycles. The Morgan fingerprint density at radius 3 is 3.05 bits per heavy atom. The monoisotopic (exact) mass is 315 g/mol. The average Bonchev–Trinajstić information content (AvgIpc) is 3.08. The Hall–Kier alpha value is -2.28. The standard InChI is InChI=1S/C15H17N5OS/c1-3-11-6-4-5-10(2)14(11)17-12(21)7-8-13-19-20-9-16-18-15(20)22-13/h4-6,9H,3,7-8H2,1-2H3,(H,17,21). The topological polar surface area (TPSA) is 72.2 Å². The van der Waals surface area contributed by atoms with Gasteiger partial charge in [-0.25, -0.2) is 0 Å². The molecule has 0 aliphatic heterocycles. The van der Waals surface area contributed by atoms with Gasteiger partial charge in [0, 0.05) is 18.5 Å². The molecular weight excluding hydrogens is 298 g/mol. The molecule has 0 unspecified atom stereocenters. The molecule has 1 amide bonds. The summed E-state index contributed by atoms with van der Waals surface area (Å²) in [6, 6.07) is 6.08. The number of nitrogens with zero attached hydrogens (tertiary/aromatic N) is 4. The second kappa shape index (κ2) is 6.23. The summed E-state index contributed by atoms with van der Waals surface area (Å²) >= 11 is 1.46. The molecule has 3 rings (SSSR count). The van der Waals surface area contributed by atoms with E-state index in [1.165, 1.54) is 11.3 Å². The van der Waals surface area contributed by atoms with E-state index >= 15 is 0 Å². The number of aromatic nitrogens is 4. The first-order valence-electron chi connectivity index (χ1n) is 7.21. The molecule has 114 valence electrons. The third-order valence-electron chi connectivity index (χ3n) is 3.50. The number of aryl methyl sites for hydroxylation is 3. The predicted octanol–water partition coefficient (Wildman–Crippen LogP) is 2.63. The number of carbonyl (C=O) groups is 1. The van der Waals surface area contributed by atoms with Gasteiger partial charge in [0.15, 0.2) is 0 Å². The van der Waals surface area contributed by atoms with E-state index in [1.807, 2.05) is 25.1 Å². The Kier molecular flexibility index (Phi) is 4.15. The molecule has 1 aromatic carbocycles. The lowest BCUT2D eigenvalue weighted by molar-refractivity contribution is -0.116. The van der Waals surface area contributed by atoms with Crippen molar-refractivity contribution >= 4 is 27.9 Å². The molecule has 0 fully saturated rings. The second-order valence-electron chi connectivity index (χ2n) is 5.06. The fraction of sp³-hybridized carbons (Fsp3) is 0.333. The van der Waals surface area contributed by atoms with Gasteiger partial charge >= 0.3 is 0 Å². The number of hydrogen-bond acceptors (Lipinski definition) is 5. The minimum absolute atomic E-state index is 0.00923. The number of carbonyl (C=O) groups excluding carboxylic acids is 1. The van der Waals surface area contributed by atoms with E-state index in [4.69, 9.17) is 0 Å². The number of anilines is 1. The van der Waals surface area contributed by atoms with Gasteiger partial charge in [-0.2, -0.15) is 9.61 Å². The van der Waals surface area contributed by atoms with Crippen molar-refractivity contribution in [2.45, 2.75) is 33.1 Å². The summed E-state index contributed by atoms with van der Waals surface area (Å²) in [7, 11) is 0. The third kappa shape index (κ3) is 2.99. The van der Waals surface area contributed by atoms with Crippen LogP contribution >= 0.6 is 11.3 Å². The van der Waals surface area contributed by atoms with E-state index in [1.54, 1.807) is 10.8 Å². The lowest BCUT2D eigenvalue weighted by atomic mass is 10.1. The summed E-state index contributed by atoms with van der Waals surface area (Å²) in [4.78, 5) is 12.9. The van der Waals surface area contributed by atoms with Crippen LogP contribution in [0.3, 0.4) is 0 Å². The number of hydrogen-bond donors (Lipinski definition) is 1. The zero-order valence-electron chi connectivity index (χ0n) is 12.5. The molecule has 0 aliphatic rings. The van der Waals surface area contributed by atoms with Crippen LogP contribution in [0.4, 0.5) is 5.69 Å². The summed E-state index contributed by atoms with van der Waals surface area (Å²) < 4.78 is 1.63. The van der Waals surface area contributed by atoms with E-state index in [2.05, 4.69) is 27.5 Å². The first-order chi connectivity index (χ1) is 10.7. The Morgan fingerprint density at radius 2 is 2.27 bits per heavy atom. The molecule has 0 saturated carbocycles. The molecule has 7 heteroatoms. The maximum atomic E-state index is 12.2. The highest BCUT2D eigenvalue weighted by Crippen LogP contribution is 2.21. The third-order valence-corrected chi connectivity index (χ3v) is 4.47. The highest BCUT2D eigenvalue weighted by Gasteiger charge is 2.11. The van der Waals surface area contributed by atoms with Crippen LogP contribution in [-0.4, -0.2) is 25.7 Å². The number of benzene rings is 1. The van der Waals surface area contributed by atoms with Crippen LogP contribution in [0.25, 0.3) is 4.96 Å². The van der Waals surface area contributed by atoms with Gasteiger partial charge in [-0.3, -0.25) is 4.79 Å². The zero-order chi connectivity index (χ0) is 15.5. The molecule has 0 spiro atoms. The molecule has 1 N–H and O–H groups in total. The number of amides is 1. The summed E-state index contributed by atoms with van der Waals surface area (Å²) in [6.07, 6.45) is 3.47. The lowest BCUT2D eigenvalue weighted by Gasteiger charge is -2.12. The van der Waals surface area contributed by atoms with Gasteiger partial charge in [0.2, 0.25) is 10.9 Å².